The van der Waals surface area contributed by atoms with E-state index in [-0.39, 0.29) is 5.82 Å². The summed E-state index contributed by atoms with van der Waals surface area (Å²) >= 11 is 7.00. The number of benzene rings is 2. The van der Waals surface area contributed by atoms with Crippen molar-refractivity contribution in [2.45, 2.75) is 22.4 Å². The van der Waals surface area contributed by atoms with Crippen LogP contribution in [0.5, 0.6) is 0 Å². The van der Waals surface area contributed by atoms with Crippen molar-refractivity contribution in [3.05, 3.63) is 47.8 Å². The van der Waals surface area contributed by atoms with Gasteiger partial charge in [0.15, 0.2) is 0 Å². The number of alkyl halides is 4. The highest BCUT2D eigenvalue weighted by atomic mass is 35.5. The largest absolute Gasteiger partial charge is 0.416 e. The number of nitrogens with zero attached hydrogens (tertiary/aromatic N) is 1. The molecule has 1 aliphatic rings. The van der Waals surface area contributed by atoms with E-state index < -0.39 is 11.7 Å². The maximum absolute atomic E-state index is 13.5. The molecular weight excluding hydrogens is 350 g/mol. The van der Waals surface area contributed by atoms with Crippen LogP contribution in [-0.4, -0.2) is 12.4 Å². The van der Waals surface area contributed by atoms with E-state index in [1.165, 1.54) is 30.0 Å². The van der Waals surface area contributed by atoms with E-state index in [0.29, 0.717) is 40.0 Å². The van der Waals surface area contributed by atoms with Crippen LogP contribution in [0.1, 0.15) is 12.0 Å². The molecule has 2 aromatic rings. The quantitative estimate of drug-likeness (QED) is 0.481. The first-order valence-corrected chi connectivity index (χ1v) is 8.27. The van der Waals surface area contributed by atoms with Crippen molar-refractivity contribution in [2.75, 3.05) is 17.3 Å². The van der Waals surface area contributed by atoms with Gasteiger partial charge in [-0.1, -0.05) is 11.8 Å². The number of hydrogen-bond acceptors (Lipinski definition) is 2. The molecule has 0 saturated carbocycles. The highest BCUT2D eigenvalue weighted by Gasteiger charge is 2.33. The molecule has 0 atom stereocenters. The topological polar surface area (TPSA) is 3.24 Å². The van der Waals surface area contributed by atoms with Crippen molar-refractivity contribution in [1.29, 1.82) is 0 Å². The fourth-order valence-corrected chi connectivity index (χ4v) is 3.71. The van der Waals surface area contributed by atoms with Crippen LogP contribution in [0.2, 0.25) is 0 Å². The van der Waals surface area contributed by atoms with E-state index in [4.69, 9.17) is 11.6 Å². The Hall–Kier alpha value is -1.40. The Balaban J connectivity index is 2.10. The van der Waals surface area contributed by atoms with Gasteiger partial charge in [0.2, 0.25) is 0 Å². The van der Waals surface area contributed by atoms with Gasteiger partial charge in [-0.25, -0.2) is 4.39 Å². The van der Waals surface area contributed by atoms with Gasteiger partial charge in [0.05, 0.1) is 16.9 Å². The zero-order chi connectivity index (χ0) is 16.6. The summed E-state index contributed by atoms with van der Waals surface area (Å²) < 4.78 is 52.4. The summed E-state index contributed by atoms with van der Waals surface area (Å²) in [5, 5.41) is 0. The summed E-state index contributed by atoms with van der Waals surface area (Å²) in [7, 11) is 0. The third-order valence-corrected chi connectivity index (χ3v) is 4.90. The van der Waals surface area contributed by atoms with Crippen LogP contribution in [0.4, 0.5) is 28.9 Å². The minimum absolute atomic E-state index is 0.371. The van der Waals surface area contributed by atoms with Crippen molar-refractivity contribution in [1.82, 2.24) is 0 Å². The Labute approximate surface area is 140 Å². The number of anilines is 2. The molecule has 0 spiro atoms. The number of fused-ring (bicyclic) bond motifs is 2. The molecule has 3 rings (SSSR count). The minimum Gasteiger partial charge on any atom is -0.340 e. The molecule has 0 saturated heterocycles. The van der Waals surface area contributed by atoms with Gasteiger partial charge < -0.3 is 4.90 Å². The second-order valence-corrected chi connectivity index (χ2v) is 6.55. The zero-order valence-electron chi connectivity index (χ0n) is 11.8. The van der Waals surface area contributed by atoms with Gasteiger partial charge in [-0.15, -0.1) is 11.6 Å². The summed E-state index contributed by atoms with van der Waals surface area (Å²) in [5.41, 5.74) is 0.487. The molecule has 0 aromatic heterocycles. The molecule has 1 aliphatic heterocycles. The number of hydrogen-bond donors (Lipinski definition) is 0. The Bertz CT molecular complexity index is 733. The van der Waals surface area contributed by atoms with E-state index in [1.807, 2.05) is 0 Å². The third-order valence-electron chi connectivity index (χ3n) is 3.52. The minimum atomic E-state index is -4.40. The van der Waals surface area contributed by atoms with Crippen LogP contribution in [0.15, 0.2) is 46.2 Å². The highest BCUT2D eigenvalue weighted by Crippen LogP contribution is 2.49. The highest BCUT2D eigenvalue weighted by molar-refractivity contribution is 7.99. The van der Waals surface area contributed by atoms with Crippen molar-refractivity contribution < 1.29 is 17.6 Å². The van der Waals surface area contributed by atoms with Gasteiger partial charge in [-0.3, -0.25) is 0 Å². The second-order valence-electron chi connectivity index (χ2n) is 5.09. The molecule has 0 amide bonds. The average molecular weight is 362 g/mol. The van der Waals surface area contributed by atoms with Crippen molar-refractivity contribution in [3.8, 4) is 0 Å². The van der Waals surface area contributed by atoms with Crippen molar-refractivity contribution in [3.63, 3.8) is 0 Å². The molecule has 0 bridgehead atoms. The predicted molar refractivity (Wildman–Crippen MR) is 84.3 cm³/mol. The average Bonchev–Trinajstić information content (AvgIpc) is 2.49. The molecule has 23 heavy (non-hydrogen) atoms. The molecule has 0 radical (unpaired) electrons. The SMILES string of the molecule is Fc1ccc2c(c1)Sc1ccc(C(F)(F)F)cc1N2CCCCl. The molecule has 122 valence electrons. The first-order chi connectivity index (χ1) is 10.9. The lowest BCUT2D eigenvalue weighted by Gasteiger charge is -2.33. The van der Waals surface area contributed by atoms with Crippen LogP contribution in [-0.2, 0) is 6.18 Å². The normalized spacial score (nSPS) is 13.7. The monoisotopic (exact) mass is 361 g/mol. The van der Waals surface area contributed by atoms with E-state index in [0.717, 1.165) is 12.1 Å². The lowest BCUT2D eigenvalue weighted by molar-refractivity contribution is -0.137. The van der Waals surface area contributed by atoms with Crippen molar-refractivity contribution >= 4 is 34.7 Å². The predicted octanol–water partition coefficient (Wildman–Crippen LogP) is 6.08. The molecule has 0 aliphatic carbocycles. The van der Waals surface area contributed by atoms with Crippen molar-refractivity contribution in [2.24, 2.45) is 0 Å². The Kier molecular flexibility index (Phi) is 4.47. The van der Waals surface area contributed by atoms with E-state index in [2.05, 4.69) is 0 Å². The van der Waals surface area contributed by atoms with Gasteiger partial charge in [-0.2, -0.15) is 13.2 Å². The number of rotatable bonds is 3. The number of halogens is 5. The molecule has 2 aromatic carbocycles. The molecule has 0 fully saturated rings. The standard InChI is InChI=1S/C16H12ClF4NS/c17-6-1-7-22-12-4-3-11(18)9-15(12)23-14-5-2-10(8-13(14)22)16(19,20)21/h2-5,8-9H,1,6-7H2. The van der Waals surface area contributed by atoms with Crippen LogP contribution in [0.25, 0.3) is 0 Å². The van der Waals surface area contributed by atoms with Gasteiger partial charge >= 0.3 is 6.18 Å². The summed E-state index contributed by atoms with van der Waals surface area (Å²) in [4.78, 5) is 3.13. The fraction of sp³-hybridized carbons (Fsp3) is 0.250. The van der Waals surface area contributed by atoms with Gasteiger partial charge in [-0.05, 0) is 42.8 Å². The molecule has 1 heterocycles. The lowest BCUT2D eigenvalue weighted by Crippen LogP contribution is -2.23. The lowest BCUT2D eigenvalue weighted by atomic mass is 10.1. The second kappa shape index (κ2) is 6.24. The van der Waals surface area contributed by atoms with E-state index in [1.54, 1.807) is 11.0 Å². The Morgan fingerprint density at radius 1 is 1.00 bits per heavy atom. The van der Waals surface area contributed by atoms with Gasteiger partial charge in [0.1, 0.15) is 5.82 Å². The van der Waals surface area contributed by atoms with Crippen LogP contribution in [0.3, 0.4) is 0 Å². The summed E-state index contributed by atoms with van der Waals surface area (Å²) in [5.74, 6) is 0.0259. The third kappa shape index (κ3) is 3.28. The fourth-order valence-electron chi connectivity index (χ4n) is 2.49. The van der Waals surface area contributed by atoms with Gasteiger partial charge in [0.25, 0.3) is 0 Å². The van der Waals surface area contributed by atoms with Gasteiger partial charge in [0, 0.05) is 22.2 Å². The summed E-state index contributed by atoms with van der Waals surface area (Å²) in [6.45, 7) is 0.469. The van der Waals surface area contributed by atoms with Crippen LogP contribution >= 0.6 is 23.4 Å². The Morgan fingerprint density at radius 3 is 2.48 bits per heavy atom. The first-order valence-electron chi connectivity index (χ1n) is 6.92. The van der Waals surface area contributed by atoms with Crippen LogP contribution in [0, 0.1) is 5.82 Å². The molecular formula is C16H12ClF4NS. The molecule has 0 unspecified atom stereocenters. The summed E-state index contributed by atoms with van der Waals surface area (Å²) in [6, 6.07) is 7.93. The maximum atomic E-state index is 13.5. The maximum Gasteiger partial charge on any atom is 0.416 e. The smallest absolute Gasteiger partial charge is 0.340 e. The summed E-state index contributed by atoms with van der Waals surface area (Å²) in [6.07, 6.45) is -3.79. The van der Waals surface area contributed by atoms with E-state index in [9.17, 15) is 17.6 Å². The van der Waals surface area contributed by atoms with Crippen LogP contribution < -0.4 is 4.90 Å². The first kappa shape index (κ1) is 16.5. The molecule has 7 heteroatoms. The zero-order valence-corrected chi connectivity index (χ0v) is 13.4. The molecule has 1 nitrogen and oxygen atoms in total. The Morgan fingerprint density at radius 2 is 1.78 bits per heavy atom. The van der Waals surface area contributed by atoms with E-state index >= 15 is 0 Å². The molecule has 0 N–H and O–H groups in total.